The first kappa shape index (κ1) is 17.1. The minimum atomic E-state index is -0.0375. The molecule has 1 aliphatic heterocycles. The van der Waals surface area contributed by atoms with Gasteiger partial charge in [-0.3, -0.25) is 4.79 Å². The number of rotatable bonds is 4. The van der Waals surface area contributed by atoms with E-state index in [2.05, 4.69) is 23.2 Å². The summed E-state index contributed by atoms with van der Waals surface area (Å²) in [4.78, 5) is 14.6. The maximum atomic E-state index is 12.6. The Kier molecular flexibility index (Phi) is 4.83. The van der Waals surface area contributed by atoms with E-state index in [0.717, 1.165) is 34.7 Å². The van der Waals surface area contributed by atoms with Crippen LogP contribution >= 0.6 is 0 Å². The van der Waals surface area contributed by atoms with Crippen LogP contribution in [0.2, 0.25) is 0 Å². The lowest BCUT2D eigenvalue weighted by molar-refractivity contribution is -0.115. The van der Waals surface area contributed by atoms with Crippen LogP contribution in [0.25, 0.3) is 0 Å². The van der Waals surface area contributed by atoms with Gasteiger partial charge in [0, 0.05) is 17.4 Å². The second kappa shape index (κ2) is 7.05. The molecule has 1 heterocycles. The van der Waals surface area contributed by atoms with Gasteiger partial charge in [-0.2, -0.15) is 0 Å². The minimum absolute atomic E-state index is 0.0375. The zero-order chi connectivity index (χ0) is 18.0. The molecule has 0 saturated carbocycles. The van der Waals surface area contributed by atoms with Crippen LogP contribution in [0.15, 0.2) is 36.4 Å². The largest absolute Gasteiger partial charge is 0.486 e. The SMILES string of the molecule is CCC1CN(CC(=O)Nc2cc(C)cc(C)c2)c2ccc(N)cc2O1. The van der Waals surface area contributed by atoms with Gasteiger partial charge in [-0.05, 0) is 55.7 Å². The molecule has 1 aliphatic rings. The molecule has 5 heteroatoms. The van der Waals surface area contributed by atoms with E-state index < -0.39 is 0 Å². The van der Waals surface area contributed by atoms with Crippen LogP contribution in [0, 0.1) is 13.8 Å². The lowest BCUT2D eigenvalue weighted by Gasteiger charge is -2.35. The summed E-state index contributed by atoms with van der Waals surface area (Å²) >= 11 is 0. The summed E-state index contributed by atoms with van der Waals surface area (Å²) in [5.41, 5.74) is 10.5. The van der Waals surface area contributed by atoms with Crippen molar-refractivity contribution in [2.75, 3.05) is 29.0 Å². The van der Waals surface area contributed by atoms with Crippen LogP contribution < -0.4 is 20.7 Å². The molecule has 25 heavy (non-hydrogen) atoms. The molecule has 0 aromatic heterocycles. The number of ether oxygens (including phenoxy) is 1. The van der Waals surface area contributed by atoms with Crippen molar-refractivity contribution in [3.8, 4) is 5.75 Å². The molecule has 5 nitrogen and oxygen atoms in total. The van der Waals surface area contributed by atoms with Gasteiger partial charge in [0.2, 0.25) is 5.91 Å². The number of fused-ring (bicyclic) bond motifs is 1. The zero-order valence-corrected chi connectivity index (χ0v) is 15.0. The van der Waals surface area contributed by atoms with E-state index in [1.807, 2.05) is 44.2 Å². The Morgan fingerprint density at radius 1 is 1.24 bits per heavy atom. The van der Waals surface area contributed by atoms with E-state index >= 15 is 0 Å². The quantitative estimate of drug-likeness (QED) is 0.837. The molecule has 1 unspecified atom stereocenters. The summed E-state index contributed by atoms with van der Waals surface area (Å²) < 4.78 is 5.97. The predicted molar refractivity (Wildman–Crippen MR) is 102 cm³/mol. The van der Waals surface area contributed by atoms with Crippen molar-refractivity contribution >= 4 is 23.0 Å². The van der Waals surface area contributed by atoms with Crippen molar-refractivity contribution < 1.29 is 9.53 Å². The van der Waals surface area contributed by atoms with E-state index in [0.29, 0.717) is 12.2 Å². The smallest absolute Gasteiger partial charge is 0.243 e. The molecule has 1 amide bonds. The fraction of sp³-hybridized carbons (Fsp3) is 0.350. The van der Waals surface area contributed by atoms with Gasteiger partial charge in [0.15, 0.2) is 0 Å². The first-order valence-corrected chi connectivity index (χ1v) is 8.64. The van der Waals surface area contributed by atoms with E-state index in [4.69, 9.17) is 10.5 Å². The minimum Gasteiger partial charge on any atom is -0.486 e. The van der Waals surface area contributed by atoms with Gasteiger partial charge in [0.05, 0.1) is 18.8 Å². The lowest BCUT2D eigenvalue weighted by Crippen LogP contribution is -2.43. The molecule has 1 atom stereocenters. The van der Waals surface area contributed by atoms with E-state index in [1.165, 1.54) is 0 Å². The van der Waals surface area contributed by atoms with Crippen molar-refractivity contribution in [2.45, 2.75) is 33.3 Å². The number of amides is 1. The van der Waals surface area contributed by atoms with Gasteiger partial charge in [-0.1, -0.05) is 13.0 Å². The summed E-state index contributed by atoms with van der Waals surface area (Å²) in [7, 11) is 0. The van der Waals surface area contributed by atoms with Crippen molar-refractivity contribution in [3.63, 3.8) is 0 Å². The average molecular weight is 339 g/mol. The topological polar surface area (TPSA) is 67.6 Å². The highest BCUT2D eigenvalue weighted by molar-refractivity contribution is 5.94. The maximum Gasteiger partial charge on any atom is 0.243 e. The molecular weight excluding hydrogens is 314 g/mol. The molecule has 3 rings (SSSR count). The molecule has 0 saturated heterocycles. The second-order valence-electron chi connectivity index (χ2n) is 6.68. The molecule has 0 fully saturated rings. The number of nitrogens with zero attached hydrogens (tertiary/aromatic N) is 1. The number of aryl methyl sites for hydroxylation is 2. The third-order valence-corrected chi connectivity index (χ3v) is 4.34. The monoisotopic (exact) mass is 339 g/mol. The van der Waals surface area contributed by atoms with Gasteiger partial charge in [-0.15, -0.1) is 0 Å². The number of nitrogens with one attached hydrogen (secondary N) is 1. The standard InChI is InChI=1S/C20H25N3O2/c1-4-17-11-23(18-6-5-15(21)10-19(18)25-17)12-20(24)22-16-8-13(2)7-14(3)9-16/h5-10,17H,4,11-12,21H2,1-3H3,(H,22,24). The third kappa shape index (κ3) is 4.05. The Bertz CT molecular complexity index is 768. The summed E-state index contributed by atoms with van der Waals surface area (Å²) in [5.74, 6) is 0.710. The number of nitrogen functional groups attached to an aromatic ring is 1. The Labute approximate surface area is 148 Å². The van der Waals surface area contributed by atoms with Gasteiger partial charge in [-0.25, -0.2) is 0 Å². The summed E-state index contributed by atoms with van der Waals surface area (Å²) in [6, 6.07) is 11.6. The summed E-state index contributed by atoms with van der Waals surface area (Å²) in [6.07, 6.45) is 0.937. The molecule has 0 aliphatic carbocycles. The highest BCUT2D eigenvalue weighted by Crippen LogP contribution is 2.35. The Morgan fingerprint density at radius 3 is 2.64 bits per heavy atom. The number of carbonyl (C=O) groups excluding carboxylic acids is 1. The first-order chi connectivity index (χ1) is 11.9. The van der Waals surface area contributed by atoms with Crippen molar-refractivity contribution in [3.05, 3.63) is 47.5 Å². The zero-order valence-electron chi connectivity index (χ0n) is 15.0. The van der Waals surface area contributed by atoms with Crippen LogP contribution in [-0.2, 0) is 4.79 Å². The van der Waals surface area contributed by atoms with Crippen molar-refractivity contribution in [1.82, 2.24) is 0 Å². The highest BCUT2D eigenvalue weighted by atomic mass is 16.5. The van der Waals surface area contributed by atoms with Gasteiger partial charge < -0.3 is 20.7 Å². The Morgan fingerprint density at radius 2 is 1.96 bits per heavy atom. The van der Waals surface area contributed by atoms with Crippen LogP contribution in [0.1, 0.15) is 24.5 Å². The van der Waals surface area contributed by atoms with Gasteiger partial charge in [0.25, 0.3) is 0 Å². The molecular formula is C20H25N3O2. The van der Waals surface area contributed by atoms with Gasteiger partial charge in [0.1, 0.15) is 11.9 Å². The van der Waals surface area contributed by atoms with E-state index in [-0.39, 0.29) is 18.6 Å². The number of hydrogen-bond donors (Lipinski definition) is 2. The molecule has 0 spiro atoms. The fourth-order valence-electron chi connectivity index (χ4n) is 3.23. The second-order valence-corrected chi connectivity index (χ2v) is 6.68. The fourth-order valence-corrected chi connectivity index (χ4v) is 3.23. The number of hydrogen-bond acceptors (Lipinski definition) is 4. The predicted octanol–water partition coefficient (Wildman–Crippen LogP) is 3.50. The third-order valence-electron chi connectivity index (χ3n) is 4.34. The first-order valence-electron chi connectivity index (χ1n) is 8.64. The van der Waals surface area contributed by atoms with Crippen molar-refractivity contribution in [2.24, 2.45) is 0 Å². The maximum absolute atomic E-state index is 12.6. The summed E-state index contributed by atoms with van der Waals surface area (Å²) in [5, 5.41) is 3.00. The number of anilines is 3. The van der Waals surface area contributed by atoms with E-state index in [1.54, 1.807) is 0 Å². The molecule has 0 bridgehead atoms. The molecule has 3 N–H and O–H groups in total. The van der Waals surface area contributed by atoms with Crippen LogP contribution in [-0.4, -0.2) is 25.1 Å². The molecule has 2 aromatic carbocycles. The van der Waals surface area contributed by atoms with Crippen LogP contribution in [0.3, 0.4) is 0 Å². The van der Waals surface area contributed by atoms with E-state index in [9.17, 15) is 4.79 Å². The highest BCUT2D eigenvalue weighted by Gasteiger charge is 2.26. The molecule has 0 radical (unpaired) electrons. The molecule has 2 aromatic rings. The van der Waals surface area contributed by atoms with Gasteiger partial charge >= 0.3 is 0 Å². The number of nitrogens with two attached hydrogens (primary N) is 1. The lowest BCUT2D eigenvalue weighted by atomic mass is 10.1. The molecule has 132 valence electrons. The Balaban J connectivity index is 1.76. The number of benzene rings is 2. The Hall–Kier alpha value is -2.69. The van der Waals surface area contributed by atoms with Crippen LogP contribution in [0.5, 0.6) is 5.75 Å². The van der Waals surface area contributed by atoms with Crippen LogP contribution in [0.4, 0.5) is 17.1 Å². The summed E-state index contributed by atoms with van der Waals surface area (Å²) in [6.45, 7) is 7.10. The number of carbonyl (C=O) groups is 1. The normalized spacial score (nSPS) is 16.1. The average Bonchev–Trinajstić information content (AvgIpc) is 2.52. The van der Waals surface area contributed by atoms with Crippen molar-refractivity contribution in [1.29, 1.82) is 0 Å².